The SMILES string of the molecule is COc1ccc(C)cc1S(=O)(=O)Nc1oc(C)c(C(C)=O)c1C#N. The first-order valence-corrected chi connectivity index (χ1v) is 8.41. The van der Waals surface area contributed by atoms with Crippen LogP contribution in [0.15, 0.2) is 27.5 Å². The quantitative estimate of drug-likeness (QED) is 0.832. The second-order valence-corrected chi connectivity index (χ2v) is 6.82. The highest BCUT2D eigenvalue weighted by atomic mass is 32.2. The molecule has 0 aliphatic carbocycles. The maximum atomic E-state index is 12.6. The van der Waals surface area contributed by atoms with E-state index in [4.69, 9.17) is 9.15 Å². The first kappa shape index (κ1) is 17.6. The van der Waals surface area contributed by atoms with Crippen LogP contribution in [0.1, 0.15) is 34.2 Å². The van der Waals surface area contributed by atoms with Gasteiger partial charge in [0.15, 0.2) is 5.78 Å². The predicted octanol–water partition coefficient (Wildman–Crippen LogP) is 2.78. The number of Topliss-reactive ketones (excluding diaryl/α,β-unsaturated/α-hetero) is 1. The summed E-state index contributed by atoms with van der Waals surface area (Å²) in [6.07, 6.45) is 0. The number of hydrogen-bond donors (Lipinski definition) is 1. The van der Waals surface area contributed by atoms with E-state index in [0.717, 1.165) is 5.56 Å². The summed E-state index contributed by atoms with van der Waals surface area (Å²) in [7, 11) is -2.72. The van der Waals surface area contributed by atoms with E-state index in [2.05, 4.69) is 4.72 Å². The van der Waals surface area contributed by atoms with Gasteiger partial charge in [-0.3, -0.25) is 4.79 Å². The van der Waals surface area contributed by atoms with Crippen LogP contribution < -0.4 is 9.46 Å². The van der Waals surface area contributed by atoms with Crippen LogP contribution in [0.3, 0.4) is 0 Å². The van der Waals surface area contributed by atoms with Crippen molar-refractivity contribution in [2.75, 3.05) is 11.8 Å². The van der Waals surface area contributed by atoms with Gasteiger partial charge in [0.25, 0.3) is 10.0 Å². The molecule has 24 heavy (non-hydrogen) atoms. The first-order valence-electron chi connectivity index (χ1n) is 6.93. The van der Waals surface area contributed by atoms with Crippen molar-refractivity contribution in [1.29, 1.82) is 5.26 Å². The molecule has 0 saturated heterocycles. The van der Waals surface area contributed by atoms with E-state index >= 15 is 0 Å². The number of ether oxygens (including phenoxy) is 1. The molecule has 0 spiro atoms. The maximum Gasteiger partial charge on any atom is 0.267 e. The van der Waals surface area contributed by atoms with Gasteiger partial charge in [0.05, 0.1) is 12.7 Å². The second kappa shape index (κ2) is 6.37. The van der Waals surface area contributed by atoms with Crippen LogP contribution in [0.4, 0.5) is 5.88 Å². The number of nitrogens with zero attached hydrogens (tertiary/aromatic N) is 1. The molecule has 2 aromatic rings. The van der Waals surface area contributed by atoms with Gasteiger partial charge in [0, 0.05) is 0 Å². The third-order valence-electron chi connectivity index (χ3n) is 3.38. The number of nitrogens with one attached hydrogen (secondary N) is 1. The Kier molecular flexibility index (Phi) is 4.66. The smallest absolute Gasteiger partial charge is 0.267 e. The molecule has 0 aliphatic rings. The molecule has 1 heterocycles. The summed E-state index contributed by atoms with van der Waals surface area (Å²) in [6.45, 7) is 4.51. The maximum absolute atomic E-state index is 12.6. The molecule has 0 unspecified atom stereocenters. The zero-order valence-corrected chi connectivity index (χ0v) is 14.4. The summed E-state index contributed by atoms with van der Waals surface area (Å²) in [5.74, 6) is -0.343. The number of benzene rings is 1. The number of anilines is 1. The fraction of sp³-hybridized carbons (Fsp3) is 0.250. The number of aryl methyl sites for hydroxylation is 2. The molecule has 8 heteroatoms. The van der Waals surface area contributed by atoms with Crippen molar-refractivity contribution in [1.82, 2.24) is 0 Å². The zero-order chi connectivity index (χ0) is 18.1. The lowest BCUT2D eigenvalue weighted by molar-refractivity contribution is 0.101. The summed E-state index contributed by atoms with van der Waals surface area (Å²) in [6, 6.07) is 6.49. The van der Waals surface area contributed by atoms with Gasteiger partial charge < -0.3 is 9.15 Å². The molecule has 0 radical (unpaired) electrons. The van der Waals surface area contributed by atoms with Crippen LogP contribution in [0, 0.1) is 25.2 Å². The molecule has 2 rings (SSSR count). The van der Waals surface area contributed by atoms with Crippen LogP contribution in [-0.2, 0) is 10.0 Å². The monoisotopic (exact) mass is 348 g/mol. The van der Waals surface area contributed by atoms with Crippen molar-refractivity contribution >= 4 is 21.7 Å². The van der Waals surface area contributed by atoms with Gasteiger partial charge in [-0.05, 0) is 38.5 Å². The van der Waals surface area contributed by atoms with E-state index in [1.54, 1.807) is 13.0 Å². The van der Waals surface area contributed by atoms with E-state index in [1.165, 1.54) is 33.1 Å². The number of carbonyl (C=O) groups excluding carboxylic acids is 1. The minimum atomic E-state index is -4.07. The first-order chi connectivity index (χ1) is 11.2. The number of rotatable bonds is 5. The summed E-state index contributed by atoms with van der Waals surface area (Å²) < 4.78 is 37.9. The fourth-order valence-corrected chi connectivity index (χ4v) is 3.57. The van der Waals surface area contributed by atoms with E-state index in [1.807, 2.05) is 6.07 Å². The van der Waals surface area contributed by atoms with Crippen molar-refractivity contribution in [3.63, 3.8) is 0 Å². The van der Waals surface area contributed by atoms with Gasteiger partial charge in [0.2, 0.25) is 5.88 Å². The van der Waals surface area contributed by atoms with Crippen LogP contribution in [-0.4, -0.2) is 21.3 Å². The lowest BCUT2D eigenvalue weighted by Gasteiger charge is -2.11. The largest absolute Gasteiger partial charge is 0.495 e. The predicted molar refractivity (Wildman–Crippen MR) is 86.7 cm³/mol. The molecule has 7 nitrogen and oxygen atoms in total. The number of nitriles is 1. The topological polar surface area (TPSA) is 109 Å². The minimum absolute atomic E-state index is 0.0615. The summed E-state index contributed by atoms with van der Waals surface area (Å²) in [5, 5.41) is 9.25. The molecule has 1 N–H and O–H groups in total. The minimum Gasteiger partial charge on any atom is -0.495 e. The highest BCUT2D eigenvalue weighted by Gasteiger charge is 2.27. The highest BCUT2D eigenvalue weighted by Crippen LogP contribution is 2.31. The lowest BCUT2D eigenvalue weighted by atomic mass is 10.1. The molecular formula is C16H16N2O5S. The standard InChI is InChI=1S/C16H16N2O5S/c1-9-5-6-13(22-4)14(7-9)24(20,21)18-16-12(8-17)15(10(2)19)11(3)23-16/h5-7,18H,1-4H3. The number of hydrogen-bond acceptors (Lipinski definition) is 6. The number of sulfonamides is 1. The van der Waals surface area contributed by atoms with Crippen LogP contribution in [0.2, 0.25) is 0 Å². The Morgan fingerprint density at radius 3 is 2.54 bits per heavy atom. The average molecular weight is 348 g/mol. The zero-order valence-electron chi connectivity index (χ0n) is 13.6. The number of furan rings is 1. The van der Waals surface area contributed by atoms with Crippen LogP contribution >= 0.6 is 0 Å². The van der Waals surface area contributed by atoms with Crippen LogP contribution in [0.5, 0.6) is 5.75 Å². The Morgan fingerprint density at radius 1 is 1.33 bits per heavy atom. The Hall–Kier alpha value is -2.79. The Bertz CT molecular complexity index is 952. The van der Waals surface area contributed by atoms with E-state index < -0.39 is 10.0 Å². The third kappa shape index (κ3) is 3.12. The highest BCUT2D eigenvalue weighted by molar-refractivity contribution is 7.92. The Morgan fingerprint density at radius 2 is 2.00 bits per heavy atom. The van der Waals surface area contributed by atoms with Gasteiger partial charge in [-0.2, -0.15) is 5.26 Å². The molecule has 0 amide bonds. The number of carbonyl (C=O) groups is 1. The van der Waals surface area contributed by atoms with Crippen LogP contribution in [0.25, 0.3) is 0 Å². The molecule has 0 fully saturated rings. The number of ketones is 1. The van der Waals surface area contributed by atoms with Crippen molar-refractivity contribution in [2.45, 2.75) is 25.7 Å². The van der Waals surface area contributed by atoms with Crippen molar-refractivity contribution in [3.05, 3.63) is 40.6 Å². The van der Waals surface area contributed by atoms with Gasteiger partial charge in [0.1, 0.15) is 28.0 Å². The normalized spacial score (nSPS) is 11.0. The van der Waals surface area contributed by atoms with E-state index in [-0.39, 0.29) is 39.2 Å². The van der Waals surface area contributed by atoms with Crippen molar-refractivity contribution in [3.8, 4) is 11.8 Å². The molecule has 0 saturated carbocycles. The van der Waals surface area contributed by atoms with Gasteiger partial charge in [-0.15, -0.1) is 0 Å². The lowest BCUT2D eigenvalue weighted by Crippen LogP contribution is -2.14. The molecule has 0 aliphatic heterocycles. The average Bonchev–Trinajstić information content (AvgIpc) is 2.81. The van der Waals surface area contributed by atoms with E-state index in [9.17, 15) is 18.5 Å². The second-order valence-electron chi connectivity index (χ2n) is 5.17. The third-order valence-corrected chi connectivity index (χ3v) is 4.74. The van der Waals surface area contributed by atoms with Gasteiger partial charge >= 0.3 is 0 Å². The van der Waals surface area contributed by atoms with Gasteiger partial charge in [-0.25, -0.2) is 13.1 Å². The number of methoxy groups -OCH3 is 1. The molecule has 0 bridgehead atoms. The van der Waals surface area contributed by atoms with Crippen molar-refractivity contribution in [2.24, 2.45) is 0 Å². The molecule has 0 atom stereocenters. The summed E-state index contributed by atoms with van der Waals surface area (Å²) in [4.78, 5) is 11.5. The molecule has 1 aromatic carbocycles. The summed E-state index contributed by atoms with van der Waals surface area (Å²) >= 11 is 0. The molecular weight excluding hydrogens is 332 g/mol. The molecule has 1 aromatic heterocycles. The Balaban J connectivity index is 2.56. The van der Waals surface area contributed by atoms with Crippen molar-refractivity contribution < 1.29 is 22.4 Å². The fourth-order valence-electron chi connectivity index (χ4n) is 2.32. The summed E-state index contributed by atoms with van der Waals surface area (Å²) in [5.41, 5.74) is 0.637. The van der Waals surface area contributed by atoms with E-state index in [0.29, 0.717) is 0 Å². The Labute approximate surface area is 139 Å². The van der Waals surface area contributed by atoms with Gasteiger partial charge in [-0.1, -0.05) is 6.07 Å². The molecule has 126 valence electrons.